The average Bonchev–Trinajstić information content (AvgIpc) is 3.36. The molecule has 0 aromatic heterocycles. The maximum absolute atomic E-state index is 2.48. The zero-order valence-corrected chi connectivity index (χ0v) is 48.5. The second kappa shape index (κ2) is 18.8. The minimum atomic E-state index is -1.50. The molecule has 0 aliphatic heterocycles. The van der Waals surface area contributed by atoms with E-state index in [1.807, 2.05) is 0 Å². The average molecular weight is 1000 g/mol. The van der Waals surface area contributed by atoms with E-state index in [-0.39, 0.29) is 0 Å². The Bertz CT molecular complexity index is 3210. The van der Waals surface area contributed by atoms with Gasteiger partial charge in [-0.15, -0.1) is 0 Å². The zero-order chi connectivity index (χ0) is 50.7. The van der Waals surface area contributed by atoms with Crippen LogP contribution in [0.2, 0.25) is 78.6 Å². The highest BCUT2D eigenvalue weighted by molar-refractivity contribution is 6.90. The molecule has 10 aromatic rings. The van der Waals surface area contributed by atoms with E-state index in [2.05, 4.69) is 295 Å². The van der Waals surface area contributed by atoms with Gasteiger partial charge in [-0.2, -0.15) is 0 Å². The van der Waals surface area contributed by atoms with Crippen LogP contribution in [0.3, 0.4) is 0 Å². The number of fused-ring (bicyclic) bond motifs is 5. The van der Waals surface area contributed by atoms with Crippen LogP contribution in [0.5, 0.6) is 0 Å². The molecular weight excluding hydrogens is 933 g/mol. The summed E-state index contributed by atoms with van der Waals surface area (Å²) in [6, 6.07) is 79.0. The fourth-order valence-corrected chi connectivity index (χ4v) is 15.0. The van der Waals surface area contributed by atoms with Crippen molar-refractivity contribution >= 4 is 119 Å². The quantitative estimate of drug-likeness (QED) is 0.0889. The second-order valence-corrected chi connectivity index (χ2v) is 44.3. The molecule has 0 radical (unpaired) electrons. The van der Waals surface area contributed by atoms with Gasteiger partial charge in [0, 0.05) is 34.1 Å². The molecule has 0 saturated heterocycles. The number of rotatable bonds is 12. The van der Waals surface area contributed by atoms with E-state index >= 15 is 0 Å². The summed E-state index contributed by atoms with van der Waals surface area (Å²) < 4.78 is 0. The lowest BCUT2D eigenvalue weighted by atomic mass is 9.87. The number of hydrogen-bond acceptors (Lipinski definition) is 2. The van der Waals surface area contributed by atoms with E-state index in [1.165, 1.54) is 98.1 Å². The van der Waals surface area contributed by atoms with Crippen molar-refractivity contribution in [2.45, 2.75) is 78.6 Å². The van der Waals surface area contributed by atoms with Crippen molar-refractivity contribution in [1.29, 1.82) is 0 Å². The molecule has 0 heterocycles. The molecule has 2 nitrogen and oxygen atoms in total. The number of anilines is 6. The summed E-state index contributed by atoms with van der Waals surface area (Å²) >= 11 is 0. The highest BCUT2D eigenvalue weighted by atomic mass is 28.3. The topological polar surface area (TPSA) is 6.48 Å². The Labute approximate surface area is 433 Å². The fourth-order valence-electron chi connectivity index (χ4n) is 10.4. The Morgan fingerprint density at radius 2 is 0.472 bits per heavy atom. The summed E-state index contributed by atoms with van der Waals surface area (Å²) in [5, 5.41) is 13.3. The van der Waals surface area contributed by atoms with Crippen LogP contribution >= 0.6 is 0 Å². The molecule has 360 valence electrons. The van der Waals surface area contributed by atoms with Gasteiger partial charge in [-0.1, -0.05) is 221 Å². The zero-order valence-electron chi connectivity index (χ0n) is 44.5. The molecule has 0 saturated carbocycles. The van der Waals surface area contributed by atoms with Crippen molar-refractivity contribution in [2.75, 3.05) is 9.80 Å². The molecule has 10 rings (SSSR count). The Morgan fingerprint density at radius 3 is 0.722 bits per heavy atom. The molecule has 0 bridgehead atoms. The smallest absolute Gasteiger partial charge is 0.0775 e. The van der Waals surface area contributed by atoms with Gasteiger partial charge in [-0.05, 0) is 140 Å². The van der Waals surface area contributed by atoms with Crippen LogP contribution in [0.15, 0.2) is 206 Å². The summed E-state index contributed by atoms with van der Waals surface area (Å²) in [7, 11) is -6.02. The number of nitrogens with zero attached hydrogens (tertiary/aromatic N) is 2. The Balaban J connectivity index is 1.22. The maximum atomic E-state index is 2.48. The van der Waals surface area contributed by atoms with Gasteiger partial charge in [0.2, 0.25) is 0 Å². The van der Waals surface area contributed by atoms with Crippen molar-refractivity contribution in [1.82, 2.24) is 0 Å². The van der Waals surface area contributed by atoms with Crippen molar-refractivity contribution < 1.29 is 0 Å². The first-order chi connectivity index (χ1) is 34.2. The van der Waals surface area contributed by atoms with Crippen LogP contribution in [0, 0.1) is 0 Å². The van der Waals surface area contributed by atoms with Gasteiger partial charge in [0.1, 0.15) is 0 Å². The van der Waals surface area contributed by atoms with Crippen molar-refractivity contribution in [3.05, 3.63) is 206 Å². The van der Waals surface area contributed by atoms with Crippen LogP contribution in [-0.4, -0.2) is 32.3 Å². The molecule has 0 aliphatic rings. The lowest BCUT2D eigenvalue weighted by molar-refractivity contribution is 1.29. The summed E-state index contributed by atoms with van der Waals surface area (Å²) in [6.45, 7) is 29.1. The van der Waals surface area contributed by atoms with E-state index in [0.29, 0.717) is 0 Å². The van der Waals surface area contributed by atoms with Crippen LogP contribution < -0.4 is 30.5 Å². The van der Waals surface area contributed by atoms with Gasteiger partial charge in [-0.25, -0.2) is 0 Å². The first kappa shape index (κ1) is 49.0. The monoisotopic (exact) mass is 1000 g/mol. The molecule has 0 aliphatic carbocycles. The molecule has 6 heteroatoms. The van der Waals surface area contributed by atoms with E-state index in [0.717, 1.165) is 11.4 Å². The maximum Gasteiger partial charge on any atom is 0.0775 e. The summed E-state index contributed by atoms with van der Waals surface area (Å²) in [5.74, 6) is 0. The first-order valence-electron chi connectivity index (χ1n) is 25.8. The van der Waals surface area contributed by atoms with Gasteiger partial charge in [0.25, 0.3) is 0 Å². The van der Waals surface area contributed by atoms with Gasteiger partial charge in [-0.3, -0.25) is 0 Å². The van der Waals surface area contributed by atoms with E-state index in [9.17, 15) is 0 Å². The first-order valence-corrected chi connectivity index (χ1v) is 39.8. The molecule has 0 amide bonds. The summed E-state index contributed by atoms with van der Waals surface area (Å²) in [4.78, 5) is 4.92. The molecule has 0 fully saturated rings. The van der Waals surface area contributed by atoms with Gasteiger partial charge >= 0.3 is 0 Å². The standard InChI is InChI=1S/C66H70N2Si4/c1-69(2,3)55-33-23-49(24-34-55)67(50-25-35-56(36-26-50)70(4,5)6)53-31-41-59-63(43-53)61(47-19-15-13-16-20-47)45-66-60-42-32-54(44-64(60)62(46-65(59)66)48-21-17-14-18-22-48)68(51-27-37-57(38-28-51)71(7,8)9)52-29-39-58(40-30-52)72(10,11)12/h13-46H,1-12H3. The molecule has 72 heavy (non-hydrogen) atoms. The van der Waals surface area contributed by atoms with Crippen LogP contribution in [0.25, 0.3) is 54.6 Å². The molecule has 0 N–H and O–H groups in total. The van der Waals surface area contributed by atoms with Gasteiger partial charge < -0.3 is 9.80 Å². The highest BCUT2D eigenvalue weighted by Gasteiger charge is 2.24. The number of hydrogen-bond donors (Lipinski definition) is 0. The lowest BCUT2D eigenvalue weighted by Gasteiger charge is -2.28. The molecule has 0 atom stereocenters. The third-order valence-electron chi connectivity index (χ3n) is 14.7. The van der Waals surface area contributed by atoms with E-state index in [4.69, 9.17) is 0 Å². The third kappa shape index (κ3) is 9.73. The Kier molecular flexibility index (Phi) is 12.8. The summed E-state index contributed by atoms with van der Waals surface area (Å²) in [5.41, 5.74) is 11.8. The van der Waals surface area contributed by atoms with Crippen molar-refractivity contribution in [3.63, 3.8) is 0 Å². The molecule has 10 aromatic carbocycles. The molecular formula is C66H70N2Si4. The minimum Gasteiger partial charge on any atom is -0.310 e. The Morgan fingerprint density at radius 1 is 0.222 bits per heavy atom. The van der Waals surface area contributed by atoms with Gasteiger partial charge in [0.15, 0.2) is 0 Å². The van der Waals surface area contributed by atoms with Crippen LogP contribution in [0.1, 0.15) is 0 Å². The van der Waals surface area contributed by atoms with E-state index < -0.39 is 32.3 Å². The lowest BCUT2D eigenvalue weighted by Crippen LogP contribution is -2.37. The van der Waals surface area contributed by atoms with Crippen LogP contribution in [0.4, 0.5) is 34.1 Å². The van der Waals surface area contributed by atoms with Gasteiger partial charge in [0.05, 0.1) is 32.3 Å². The Hall–Kier alpha value is -6.55. The fraction of sp³-hybridized carbons (Fsp3) is 0.182. The van der Waals surface area contributed by atoms with Crippen molar-refractivity contribution in [2.24, 2.45) is 0 Å². The predicted octanol–water partition coefficient (Wildman–Crippen LogP) is 17.6. The SMILES string of the molecule is C[Si](C)(C)c1ccc(N(c2ccc([Si](C)(C)C)cc2)c2ccc3c(c2)c(-c2ccccc2)cc2c4ccc(N(c5ccc([Si](C)(C)C)cc5)c5ccc([Si](C)(C)C)cc5)cc4c(-c4ccccc4)cc32)cc1. The minimum absolute atomic E-state index is 1.14. The van der Waals surface area contributed by atoms with E-state index in [1.54, 1.807) is 0 Å². The normalized spacial score (nSPS) is 12.4. The summed E-state index contributed by atoms with van der Waals surface area (Å²) in [6.07, 6.45) is 0. The van der Waals surface area contributed by atoms with Crippen LogP contribution in [-0.2, 0) is 0 Å². The third-order valence-corrected chi connectivity index (χ3v) is 22.9. The predicted molar refractivity (Wildman–Crippen MR) is 331 cm³/mol. The number of benzene rings is 10. The largest absolute Gasteiger partial charge is 0.310 e. The van der Waals surface area contributed by atoms with Crippen molar-refractivity contribution in [3.8, 4) is 22.3 Å². The molecule has 0 unspecified atom stereocenters. The highest BCUT2D eigenvalue weighted by Crippen LogP contribution is 2.46. The second-order valence-electron chi connectivity index (χ2n) is 24.0. The molecule has 0 spiro atoms.